The van der Waals surface area contributed by atoms with Gasteiger partial charge in [-0.15, -0.1) is 11.3 Å². The van der Waals surface area contributed by atoms with Gasteiger partial charge in [-0.05, 0) is 30.7 Å². The van der Waals surface area contributed by atoms with Gasteiger partial charge in [-0.3, -0.25) is 9.20 Å². The molecule has 0 bridgehead atoms. The van der Waals surface area contributed by atoms with Crippen LogP contribution in [0.5, 0.6) is 5.75 Å². The zero-order chi connectivity index (χ0) is 18.4. The van der Waals surface area contributed by atoms with Crippen LogP contribution in [0.4, 0.5) is 0 Å². The molecule has 0 unspecified atom stereocenters. The third-order valence-electron chi connectivity index (χ3n) is 3.81. The van der Waals surface area contributed by atoms with Crippen LogP contribution in [0, 0.1) is 0 Å². The molecule has 0 aliphatic heterocycles. The molecule has 1 aromatic carbocycles. The first-order valence-electron chi connectivity index (χ1n) is 8.53. The molecule has 26 heavy (non-hydrogen) atoms. The van der Waals surface area contributed by atoms with Gasteiger partial charge in [0.1, 0.15) is 12.4 Å². The molecule has 0 amide bonds. The van der Waals surface area contributed by atoms with E-state index in [1.807, 2.05) is 0 Å². The van der Waals surface area contributed by atoms with Crippen molar-refractivity contribution in [2.45, 2.75) is 32.8 Å². The molecule has 0 spiro atoms. The normalized spacial score (nSPS) is 10.8. The first kappa shape index (κ1) is 18.1. The fourth-order valence-corrected chi connectivity index (χ4v) is 3.15. The van der Waals surface area contributed by atoms with E-state index in [2.05, 4.69) is 11.9 Å². The third-order valence-corrected chi connectivity index (χ3v) is 4.57. The Balaban J connectivity index is 1.56. The second-order valence-corrected chi connectivity index (χ2v) is 6.67. The number of ether oxygens (including phenoxy) is 2. The lowest BCUT2D eigenvalue weighted by Crippen LogP contribution is -2.14. The number of carbonyl (C=O) groups is 1. The number of nitrogens with zero attached hydrogens (tertiary/aromatic N) is 2. The van der Waals surface area contributed by atoms with Crippen LogP contribution < -0.4 is 10.3 Å². The molecule has 0 radical (unpaired) electrons. The molecule has 7 heteroatoms. The highest BCUT2D eigenvalue weighted by molar-refractivity contribution is 7.15. The lowest BCUT2D eigenvalue weighted by molar-refractivity contribution is 0.0467. The zero-order valence-corrected chi connectivity index (χ0v) is 15.3. The lowest BCUT2D eigenvalue weighted by Gasteiger charge is -2.07. The number of thiazole rings is 1. The maximum atomic E-state index is 12.2. The number of rotatable bonds is 8. The Morgan fingerprint density at radius 2 is 2.04 bits per heavy atom. The molecule has 0 atom stereocenters. The fourth-order valence-electron chi connectivity index (χ4n) is 2.41. The highest BCUT2D eigenvalue weighted by Crippen LogP contribution is 2.14. The number of unbranched alkanes of at least 4 members (excludes halogenated alkanes) is 2. The van der Waals surface area contributed by atoms with Gasteiger partial charge in [0.25, 0.3) is 5.56 Å². The molecule has 0 fully saturated rings. The summed E-state index contributed by atoms with van der Waals surface area (Å²) < 4.78 is 12.3. The Hall–Kier alpha value is -2.67. The number of aromatic nitrogens is 2. The van der Waals surface area contributed by atoms with Crippen LogP contribution >= 0.6 is 11.3 Å². The molecule has 0 saturated heterocycles. The molecule has 2 heterocycles. The monoisotopic (exact) mass is 372 g/mol. The van der Waals surface area contributed by atoms with E-state index >= 15 is 0 Å². The minimum Gasteiger partial charge on any atom is -0.494 e. The van der Waals surface area contributed by atoms with E-state index in [4.69, 9.17) is 9.47 Å². The molecule has 6 nitrogen and oxygen atoms in total. The van der Waals surface area contributed by atoms with Crippen LogP contribution in [0.1, 0.15) is 42.2 Å². The summed E-state index contributed by atoms with van der Waals surface area (Å²) in [7, 11) is 0. The topological polar surface area (TPSA) is 69.9 Å². The van der Waals surface area contributed by atoms with Gasteiger partial charge in [-0.2, -0.15) is 0 Å². The molecular weight excluding hydrogens is 352 g/mol. The summed E-state index contributed by atoms with van der Waals surface area (Å²) >= 11 is 1.35. The van der Waals surface area contributed by atoms with Gasteiger partial charge in [-0.25, -0.2) is 9.78 Å². The highest BCUT2D eigenvalue weighted by Gasteiger charge is 2.10. The van der Waals surface area contributed by atoms with Gasteiger partial charge in [0.05, 0.1) is 17.9 Å². The Labute approximate surface area is 155 Å². The molecule has 0 aliphatic carbocycles. The van der Waals surface area contributed by atoms with Gasteiger partial charge >= 0.3 is 5.97 Å². The van der Waals surface area contributed by atoms with Crippen LogP contribution in [0.15, 0.2) is 46.7 Å². The lowest BCUT2D eigenvalue weighted by atomic mass is 10.2. The number of hydrogen-bond donors (Lipinski definition) is 0. The average molecular weight is 372 g/mol. The van der Waals surface area contributed by atoms with E-state index in [1.54, 1.807) is 35.8 Å². The maximum Gasteiger partial charge on any atom is 0.338 e. The summed E-state index contributed by atoms with van der Waals surface area (Å²) in [5.41, 5.74) is 0.674. The highest BCUT2D eigenvalue weighted by atomic mass is 32.1. The van der Waals surface area contributed by atoms with Gasteiger partial charge in [0.2, 0.25) is 0 Å². The number of hydrogen-bond acceptors (Lipinski definition) is 6. The van der Waals surface area contributed by atoms with Crippen LogP contribution in [0.2, 0.25) is 0 Å². The number of fused-ring (bicyclic) bond motifs is 1. The van der Waals surface area contributed by atoms with E-state index in [1.165, 1.54) is 21.8 Å². The number of carbonyl (C=O) groups excluding carboxylic acids is 1. The van der Waals surface area contributed by atoms with Gasteiger partial charge in [-0.1, -0.05) is 19.8 Å². The predicted octanol–water partition coefficient (Wildman–Crippen LogP) is 3.68. The third kappa shape index (κ3) is 4.49. The van der Waals surface area contributed by atoms with E-state index < -0.39 is 5.97 Å². The van der Waals surface area contributed by atoms with Crippen molar-refractivity contribution in [3.63, 3.8) is 0 Å². The van der Waals surface area contributed by atoms with Crippen LogP contribution in [-0.2, 0) is 11.3 Å². The van der Waals surface area contributed by atoms with Crippen LogP contribution in [0.3, 0.4) is 0 Å². The molecule has 3 rings (SSSR count). The van der Waals surface area contributed by atoms with Crippen molar-refractivity contribution in [3.8, 4) is 5.75 Å². The second-order valence-electron chi connectivity index (χ2n) is 5.80. The smallest absolute Gasteiger partial charge is 0.338 e. The maximum absolute atomic E-state index is 12.2. The second kappa shape index (κ2) is 8.62. The summed E-state index contributed by atoms with van der Waals surface area (Å²) in [6, 6.07) is 8.22. The number of benzene rings is 1. The molecule has 136 valence electrons. The van der Waals surface area contributed by atoms with E-state index in [0.29, 0.717) is 22.8 Å². The Morgan fingerprint density at radius 1 is 1.23 bits per heavy atom. The minimum absolute atomic E-state index is 0.0439. The van der Waals surface area contributed by atoms with E-state index in [0.717, 1.165) is 25.0 Å². The zero-order valence-electron chi connectivity index (χ0n) is 14.5. The fraction of sp³-hybridized carbons (Fsp3) is 0.316. The molecular formula is C19H20N2O4S. The predicted molar refractivity (Wildman–Crippen MR) is 99.9 cm³/mol. The molecule has 0 saturated carbocycles. The minimum atomic E-state index is -0.462. The quantitative estimate of drug-likeness (QED) is 0.446. The van der Waals surface area contributed by atoms with Crippen molar-refractivity contribution in [3.05, 3.63) is 63.5 Å². The van der Waals surface area contributed by atoms with Crippen molar-refractivity contribution >= 4 is 22.3 Å². The van der Waals surface area contributed by atoms with Crippen molar-refractivity contribution in [2.75, 3.05) is 6.61 Å². The van der Waals surface area contributed by atoms with Gasteiger partial charge < -0.3 is 9.47 Å². The summed E-state index contributed by atoms with van der Waals surface area (Å²) in [4.78, 5) is 29.0. The SMILES string of the molecule is CCCCCOc1ccc(C(=O)OCc2cc(=O)n3ccsc3n2)cc1. The summed E-state index contributed by atoms with van der Waals surface area (Å²) in [6.07, 6.45) is 4.97. The molecule has 2 aromatic heterocycles. The first-order valence-corrected chi connectivity index (χ1v) is 9.41. The summed E-state index contributed by atoms with van der Waals surface area (Å²) in [5, 5.41) is 1.78. The first-order chi connectivity index (χ1) is 12.7. The summed E-state index contributed by atoms with van der Waals surface area (Å²) in [6.45, 7) is 2.77. The van der Waals surface area contributed by atoms with Crippen molar-refractivity contribution in [1.82, 2.24) is 9.38 Å². The summed E-state index contributed by atoms with van der Waals surface area (Å²) in [5.74, 6) is 0.270. The van der Waals surface area contributed by atoms with Crippen molar-refractivity contribution < 1.29 is 14.3 Å². The van der Waals surface area contributed by atoms with E-state index in [-0.39, 0.29) is 12.2 Å². The van der Waals surface area contributed by atoms with Gasteiger partial charge in [0.15, 0.2) is 4.96 Å². The molecule has 0 N–H and O–H groups in total. The number of esters is 1. The van der Waals surface area contributed by atoms with Crippen LogP contribution in [-0.4, -0.2) is 22.0 Å². The Kier molecular flexibility index (Phi) is 6.01. The largest absolute Gasteiger partial charge is 0.494 e. The molecule has 3 aromatic rings. The van der Waals surface area contributed by atoms with Crippen molar-refractivity contribution in [2.24, 2.45) is 0 Å². The Morgan fingerprint density at radius 3 is 2.81 bits per heavy atom. The Bertz CT molecular complexity index is 931. The standard InChI is InChI=1S/C19H20N2O4S/c1-2-3-4-10-24-16-7-5-14(6-8-16)18(23)25-13-15-12-17(22)21-9-11-26-19(21)20-15/h5-9,11-12H,2-4,10,13H2,1H3. The van der Waals surface area contributed by atoms with Gasteiger partial charge in [0, 0.05) is 17.6 Å². The average Bonchev–Trinajstić information content (AvgIpc) is 3.13. The van der Waals surface area contributed by atoms with Crippen molar-refractivity contribution in [1.29, 1.82) is 0 Å². The molecule has 0 aliphatic rings. The van der Waals surface area contributed by atoms with E-state index in [9.17, 15) is 9.59 Å². The van der Waals surface area contributed by atoms with Crippen LogP contribution in [0.25, 0.3) is 4.96 Å².